The molecule has 0 aromatic rings. The molecule has 1 fully saturated rings. The second-order valence-electron chi connectivity index (χ2n) is 3.28. The second kappa shape index (κ2) is 2.26. The van der Waals surface area contributed by atoms with E-state index >= 15 is 0 Å². The van der Waals surface area contributed by atoms with Crippen LogP contribution >= 0.6 is 0 Å². The summed E-state index contributed by atoms with van der Waals surface area (Å²) in [5, 5.41) is 8.69. The largest absolute Gasteiger partial charge is 0.481 e. The molecule has 1 saturated carbocycles. The van der Waals surface area contributed by atoms with Crippen molar-refractivity contribution >= 4 is 5.97 Å². The molecule has 0 amide bonds. The summed E-state index contributed by atoms with van der Waals surface area (Å²) in [6.45, 7) is 3.89. The fourth-order valence-electron chi connectivity index (χ4n) is 1.52. The highest BCUT2D eigenvalue weighted by atomic mass is 16.4. The average Bonchev–Trinajstić information content (AvgIpc) is 2.66. The van der Waals surface area contributed by atoms with Crippen LogP contribution in [0.3, 0.4) is 0 Å². The number of rotatable bonds is 3. The van der Waals surface area contributed by atoms with Crippen LogP contribution in [0.4, 0.5) is 0 Å². The third-order valence-corrected chi connectivity index (χ3v) is 2.89. The molecule has 1 aliphatic rings. The number of carbonyl (C=O) groups is 1. The van der Waals surface area contributed by atoms with Gasteiger partial charge in [0.25, 0.3) is 0 Å². The Bertz CT molecular complexity index is 147. The third-order valence-electron chi connectivity index (χ3n) is 2.89. The summed E-state index contributed by atoms with van der Waals surface area (Å²) in [4.78, 5) is 10.5. The first-order chi connectivity index (χ1) is 4.62. The van der Waals surface area contributed by atoms with Crippen LogP contribution in [0.2, 0.25) is 0 Å². The maximum Gasteiger partial charge on any atom is 0.306 e. The van der Waals surface area contributed by atoms with Crippen LogP contribution in [0.1, 0.15) is 33.1 Å². The Morgan fingerprint density at radius 3 is 2.30 bits per heavy atom. The number of carboxylic acid groups (broad SMARTS) is 1. The van der Waals surface area contributed by atoms with Crippen molar-refractivity contribution in [3.05, 3.63) is 0 Å². The van der Waals surface area contributed by atoms with Crippen LogP contribution in [0.15, 0.2) is 0 Å². The van der Waals surface area contributed by atoms with Crippen LogP contribution in [0.5, 0.6) is 0 Å². The molecule has 1 aliphatic carbocycles. The lowest BCUT2D eigenvalue weighted by molar-refractivity contribution is -0.143. The average molecular weight is 142 g/mol. The van der Waals surface area contributed by atoms with E-state index in [0.29, 0.717) is 0 Å². The monoisotopic (exact) mass is 142 g/mol. The molecule has 0 aromatic heterocycles. The van der Waals surface area contributed by atoms with Gasteiger partial charge in [-0.05, 0) is 24.7 Å². The van der Waals surface area contributed by atoms with Crippen LogP contribution in [-0.4, -0.2) is 11.1 Å². The quantitative estimate of drug-likeness (QED) is 0.653. The molecule has 0 saturated heterocycles. The van der Waals surface area contributed by atoms with E-state index in [4.69, 9.17) is 5.11 Å². The predicted octanol–water partition coefficient (Wildman–Crippen LogP) is 1.90. The summed E-state index contributed by atoms with van der Waals surface area (Å²) in [7, 11) is 0. The second-order valence-corrected chi connectivity index (χ2v) is 3.28. The molecule has 1 atom stereocenters. The summed E-state index contributed by atoms with van der Waals surface area (Å²) in [5.41, 5.74) is 0.172. The molecule has 0 aliphatic heterocycles. The first kappa shape index (κ1) is 7.58. The summed E-state index contributed by atoms with van der Waals surface area (Å²) in [5.74, 6) is -0.781. The first-order valence-electron chi connectivity index (χ1n) is 3.85. The Balaban J connectivity index is 2.55. The van der Waals surface area contributed by atoms with Crippen molar-refractivity contribution in [3.63, 3.8) is 0 Å². The van der Waals surface area contributed by atoms with E-state index in [9.17, 15) is 4.79 Å². The highest BCUT2D eigenvalue weighted by molar-refractivity contribution is 5.71. The number of hydrogen-bond donors (Lipinski definition) is 1. The van der Waals surface area contributed by atoms with Gasteiger partial charge >= 0.3 is 5.97 Å². The molecule has 0 spiro atoms. The summed E-state index contributed by atoms with van der Waals surface area (Å²) >= 11 is 0. The van der Waals surface area contributed by atoms with Crippen LogP contribution in [0.25, 0.3) is 0 Å². The van der Waals surface area contributed by atoms with Gasteiger partial charge in [0.1, 0.15) is 0 Å². The van der Waals surface area contributed by atoms with Gasteiger partial charge in [-0.1, -0.05) is 13.8 Å². The molecule has 2 nitrogen and oxygen atoms in total. The van der Waals surface area contributed by atoms with Crippen LogP contribution in [0, 0.1) is 11.3 Å². The molecule has 1 rings (SSSR count). The van der Waals surface area contributed by atoms with E-state index in [2.05, 4.69) is 6.92 Å². The van der Waals surface area contributed by atoms with Gasteiger partial charge in [-0.25, -0.2) is 0 Å². The molecule has 1 unspecified atom stereocenters. The minimum atomic E-state index is -0.639. The van der Waals surface area contributed by atoms with Gasteiger partial charge in [-0.2, -0.15) is 0 Å². The number of carboxylic acids is 1. The highest BCUT2D eigenvalue weighted by Gasteiger charge is 2.48. The predicted molar refractivity (Wildman–Crippen MR) is 38.8 cm³/mol. The third kappa shape index (κ3) is 1.02. The smallest absolute Gasteiger partial charge is 0.306 e. The first-order valence-corrected chi connectivity index (χ1v) is 3.85. The standard InChI is InChI=1S/C8H14O2/c1-3-8(4-5-8)6(2)7(9)10/h6H,3-5H2,1-2H3,(H,9,10). The van der Waals surface area contributed by atoms with E-state index in [1.165, 1.54) is 0 Å². The zero-order valence-corrected chi connectivity index (χ0v) is 6.55. The van der Waals surface area contributed by atoms with Gasteiger partial charge in [-0.15, -0.1) is 0 Å². The number of hydrogen-bond acceptors (Lipinski definition) is 1. The lowest BCUT2D eigenvalue weighted by Crippen LogP contribution is -2.20. The minimum absolute atomic E-state index is 0.141. The Morgan fingerprint density at radius 1 is 1.70 bits per heavy atom. The Labute approximate surface area is 61.2 Å². The Kier molecular flexibility index (Phi) is 1.71. The molecule has 2 heteroatoms. The molecule has 1 N–H and O–H groups in total. The van der Waals surface area contributed by atoms with Crippen molar-refractivity contribution in [1.82, 2.24) is 0 Å². The maximum absolute atomic E-state index is 10.5. The Morgan fingerprint density at radius 2 is 2.20 bits per heavy atom. The zero-order chi connectivity index (χ0) is 7.78. The normalized spacial score (nSPS) is 23.8. The van der Waals surface area contributed by atoms with Gasteiger partial charge in [-0.3, -0.25) is 4.79 Å². The Hall–Kier alpha value is -0.530. The summed E-state index contributed by atoms with van der Waals surface area (Å²) < 4.78 is 0. The van der Waals surface area contributed by atoms with Gasteiger partial charge in [0.2, 0.25) is 0 Å². The van der Waals surface area contributed by atoms with Crippen molar-refractivity contribution < 1.29 is 9.90 Å². The van der Waals surface area contributed by atoms with Crippen LogP contribution in [-0.2, 0) is 4.79 Å². The topological polar surface area (TPSA) is 37.3 Å². The summed E-state index contributed by atoms with van der Waals surface area (Å²) in [6.07, 6.45) is 3.23. The molecule has 0 heterocycles. The summed E-state index contributed by atoms with van der Waals surface area (Å²) in [6, 6.07) is 0. The van der Waals surface area contributed by atoms with Crippen molar-refractivity contribution in [1.29, 1.82) is 0 Å². The van der Waals surface area contributed by atoms with E-state index in [1.54, 1.807) is 0 Å². The van der Waals surface area contributed by atoms with E-state index < -0.39 is 5.97 Å². The van der Waals surface area contributed by atoms with Crippen molar-refractivity contribution in [3.8, 4) is 0 Å². The van der Waals surface area contributed by atoms with Gasteiger partial charge in [0.15, 0.2) is 0 Å². The lowest BCUT2D eigenvalue weighted by atomic mass is 9.88. The molecule has 58 valence electrons. The van der Waals surface area contributed by atoms with Gasteiger partial charge < -0.3 is 5.11 Å². The van der Waals surface area contributed by atoms with Crippen molar-refractivity contribution in [2.45, 2.75) is 33.1 Å². The molecule has 10 heavy (non-hydrogen) atoms. The molecule has 0 radical (unpaired) electrons. The van der Waals surface area contributed by atoms with E-state index in [0.717, 1.165) is 19.3 Å². The maximum atomic E-state index is 10.5. The molecule has 0 aromatic carbocycles. The number of aliphatic carboxylic acids is 1. The lowest BCUT2D eigenvalue weighted by Gasteiger charge is -2.16. The van der Waals surface area contributed by atoms with Crippen molar-refractivity contribution in [2.75, 3.05) is 0 Å². The van der Waals surface area contributed by atoms with E-state index in [1.807, 2.05) is 6.92 Å². The SMILES string of the molecule is CCC1(C(C)C(=O)O)CC1. The molecular weight excluding hydrogens is 128 g/mol. The van der Waals surface area contributed by atoms with E-state index in [-0.39, 0.29) is 11.3 Å². The zero-order valence-electron chi connectivity index (χ0n) is 6.55. The molecule has 0 bridgehead atoms. The van der Waals surface area contributed by atoms with Crippen LogP contribution < -0.4 is 0 Å². The van der Waals surface area contributed by atoms with Crippen molar-refractivity contribution in [2.24, 2.45) is 11.3 Å². The molecular formula is C8H14O2. The van der Waals surface area contributed by atoms with Gasteiger partial charge in [0.05, 0.1) is 5.92 Å². The fraction of sp³-hybridized carbons (Fsp3) is 0.875. The van der Waals surface area contributed by atoms with Gasteiger partial charge in [0, 0.05) is 0 Å². The minimum Gasteiger partial charge on any atom is -0.481 e. The highest BCUT2D eigenvalue weighted by Crippen LogP contribution is 2.54. The fourth-order valence-corrected chi connectivity index (χ4v) is 1.52.